The standard InChI is InChI=1S/C10H12Cl2.Ru/c1-7(2)8-3-5-9(6-4-8)10(11)12;/h3-7,10H,1-2H3;. The van der Waals surface area contributed by atoms with Crippen molar-refractivity contribution in [1.29, 1.82) is 0 Å². The molecular weight excluding hydrogens is 292 g/mol. The number of alkyl halides is 2. The van der Waals surface area contributed by atoms with Gasteiger partial charge in [0.25, 0.3) is 0 Å². The van der Waals surface area contributed by atoms with Crippen molar-refractivity contribution in [3.8, 4) is 0 Å². The van der Waals surface area contributed by atoms with E-state index in [1.165, 1.54) is 5.56 Å². The van der Waals surface area contributed by atoms with Gasteiger partial charge in [0, 0.05) is 19.5 Å². The zero-order valence-electron chi connectivity index (χ0n) is 7.57. The Kier molecular flexibility index (Phi) is 6.21. The number of rotatable bonds is 2. The molecule has 1 rings (SSSR count). The maximum absolute atomic E-state index is 5.70. The number of hydrogen-bond acceptors (Lipinski definition) is 0. The van der Waals surface area contributed by atoms with Crippen molar-refractivity contribution in [2.45, 2.75) is 24.6 Å². The van der Waals surface area contributed by atoms with Crippen LogP contribution in [0.4, 0.5) is 0 Å². The fourth-order valence-electron chi connectivity index (χ4n) is 1.03. The van der Waals surface area contributed by atoms with Crippen molar-refractivity contribution in [1.82, 2.24) is 0 Å². The topological polar surface area (TPSA) is 0 Å². The summed E-state index contributed by atoms with van der Waals surface area (Å²) in [6, 6.07) is 8.08. The van der Waals surface area contributed by atoms with Gasteiger partial charge in [-0.25, -0.2) is 0 Å². The van der Waals surface area contributed by atoms with Crippen LogP contribution in [0.25, 0.3) is 0 Å². The molecule has 0 unspecified atom stereocenters. The molecule has 0 heterocycles. The SMILES string of the molecule is CC(C)c1ccc(C(Cl)Cl)cc1.[Ru]. The minimum absolute atomic E-state index is 0. The van der Waals surface area contributed by atoms with E-state index in [1.807, 2.05) is 12.1 Å². The molecule has 0 nitrogen and oxygen atoms in total. The molecule has 0 spiro atoms. The first-order valence-electron chi connectivity index (χ1n) is 3.99. The van der Waals surface area contributed by atoms with Gasteiger partial charge in [0.05, 0.1) is 0 Å². The number of hydrogen-bond donors (Lipinski definition) is 0. The number of halogens is 2. The molecule has 0 saturated carbocycles. The van der Waals surface area contributed by atoms with Crippen LogP contribution in [-0.2, 0) is 19.5 Å². The molecule has 13 heavy (non-hydrogen) atoms. The third kappa shape index (κ3) is 3.98. The molecular formula is C10H12Cl2Ru. The zero-order valence-corrected chi connectivity index (χ0v) is 10.8. The molecule has 0 N–H and O–H groups in total. The van der Waals surface area contributed by atoms with E-state index < -0.39 is 4.84 Å². The van der Waals surface area contributed by atoms with Gasteiger partial charge in [-0.2, -0.15) is 0 Å². The molecule has 74 valence electrons. The third-order valence-corrected chi connectivity index (χ3v) is 2.36. The Morgan fingerprint density at radius 1 is 0.923 bits per heavy atom. The number of benzene rings is 1. The van der Waals surface area contributed by atoms with Gasteiger partial charge >= 0.3 is 0 Å². The van der Waals surface area contributed by atoms with Crippen molar-refractivity contribution in [2.24, 2.45) is 0 Å². The first-order chi connectivity index (χ1) is 5.61. The summed E-state index contributed by atoms with van der Waals surface area (Å²) in [5, 5.41) is 0. The maximum Gasteiger partial charge on any atom is 0.132 e. The second kappa shape index (κ2) is 6.01. The molecule has 0 fully saturated rings. The van der Waals surface area contributed by atoms with Gasteiger partial charge in [-0.15, -0.1) is 23.2 Å². The predicted octanol–water partition coefficient (Wildman–Crippen LogP) is 4.28. The average Bonchev–Trinajstić information content (AvgIpc) is 2.04. The first-order valence-corrected chi connectivity index (χ1v) is 4.86. The minimum Gasteiger partial charge on any atom is -0.100 e. The van der Waals surface area contributed by atoms with Crippen LogP contribution < -0.4 is 0 Å². The normalized spacial score (nSPS) is 10.3. The molecule has 0 saturated heterocycles. The van der Waals surface area contributed by atoms with E-state index in [0.29, 0.717) is 5.92 Å². The van der Waals surface area contributed by atoms with Crippen molar-refractivity contribution < 1.29 is 19.5 Å². The van der Waals surface area contributed by atoms with Crippen LogP contribution in [0, 0.1) is 0 Å². The van der Waals surface area contributed by atoms with E-state index in [4.69, 9.17) is 23.2 Å². The molecule has 0 bridgehead atoms. The monoisotopic (exact) mass is 304 g/mol. The van der Waals surface area contributed by atoms with Crippen molar-refractivity contribution >= 4 is 23.2 Å². The molecule has 0 amide bonds. The summed E-state index contributed by atoms with van der Waals surface area (Å²) in [5.74, 6) is 0.558. The first kappa shape index (κ1) is 13.4. The molecule has 0 aliphatic heterocycles. The molecule has 1 aromatic rings. The second-order valence-electron chi connectivity index (χ2n) is 3.12. The van der Waals surface area contributed by atoms with Gasteiger partial charge < -0.3 is 0 Å². The second-order valence-corrected chi connectivity index (χ2v) is 4.22. The molecule has 0 aliphatic carbocycles. The smallest absolute Gasteiger partial charge is 0.100 e. The molecule has 1 aromatic carbocycles. The quantitative estimate of drug-likeness (QED) is 0.565. The zero-order chi connectivity index (χ0) is 9.14. The van der Waals surface area contributed by atoms with Gasteiger partial charge in [0.1, 0.15) is 4.84 Å². The summed E-state index contributed by atoms with van der Waals surface area (Å²) in [6.45, 7) is 4.32. The van der Waals surface area contributed by atoms with Crippen LogP contribution in [0.2, 0.25) is 0 Å². The molecule has 0 aromatic heterocycles. The molecule has 0 atom stereocenters. The van der Waals surface area contributed by atoms with Crippen LogP contribution in [0.15, 0.2) is 24.3 Å². The van der Waals surface area contributed by atoms with Gasteiger partial charge in [-0.1, -0.05) is 38.1 Å². The Hall–Kier alpha value is 0.423. The van der Waals surface area contributed by atoms with Gasteiger partial charge in [-0.05, 0) is 17.0 Å². The van der Waals surface area contributed by atoms with Crippen molar-refractivity contribution in [2.75, 3.05) is 0 Å². The summed E-state index contributed by atoms with van der Waals surface area (Å²) < 4.78 is 0. The van der Waals surface area contributed by atoms with Crippen LogP contribution >= 0.6 is 23.2 Å². The van der Waals surface area contributed by atoms with E-state index in [2.05, 4.69) is 26.0 Å². The maximum atomic E-state index is 5.70. The van der Waals surface area contributed by atoms with E-state index in [-0.39, 0.29) is 19.5 Å². The van der Waals surface area contributed by atoms with E-state index >= 15 is 0 Å². The van der Waals surface area contributed by atoms with Gasteiger partial charge in [0.15, 0.2) is 0 Å². The molecule has 3 heteroatoms. The fourth-order valence-corrected chi connectivity index (χ4v) is 1.32. The Balaban J connectivity index is 0.00000144. The third-order valence-electron chi connectivity index (χ3n) is 1.86. The molecule has 0 aliphatic rings. The largest absolute Gasteiger partial charge is 0.132 e. The van der Waals surface area contributed by atoms with Crippen molar-refractivity contribution in [3.63, 3.8) is 0 Å². The van der Waals surface area contributed by atoms with E-state index in [1.54, 1.807) is 0 Å². The van der Waals surface area contributed by atoms with Crippen LogP contribution in [0.3, 0.4) is 0 Å². The average molecular weight is 304 g/mol. The summed E-state index contributed by atoms with van der Waals surface area (Å²) in [7, 11) is 0. The van der Waals surface area contributed by atoms with Crippen LogP contribution in [-0.4, -0.2) is 0 Å². The minimum atomic E-state index is -0.411. The summed E-state index contributed by atoms with van der Waals surface area (Å²) in [4.78, 5) is -0.411. The Labute approximate surface area is 102 Å². The van der Waals surface area contributed by atoms with E-state index in [0.717, 1.165) is 5.56 Å². The van der Waals surface area contributed by atoms with Crippen LogP contribution in [0.1, 0.15) is 35.7 Å². The van der Waals surface area contributed by atoms with Gasteiger partial charge in [-0.3, -0.25) is 0 Å². The van der Waals surface area contributed by atoms with E-state index in [9.17, 15) is 0 Å². The van der Waals surface area contributed by atoms with Crippen molar-refractivity contribution in [3.05, 3.63) is 35.4 Å². The fraction of sp³-hybridized carbons (Fsp3) is 0.400. The Morgan fingerprint density at radius 2 is 1.31 bits per heavy atom. The molecule has 0 radical (unpaired) electrons. The summed E-state index contributed by atoms with van der Waals surface area (Å²) >= 11 is 11.4. The van der Waals surface area contributed by atoms with Gasteiger partial charge in [0.2, 0.25) is 0 Å². The Morgan fingerprint density at radius 3 is 1.62 bits per heavy atom. The predicted molar refractivity (Wildman–Crippen MR) is 55.0 cm³/mol. The summed E-state index contributed by atoms with van der Waals surface area (Å²) in [6.07, 6.45) is 0. The summed E-state index contributed by atoms with van der Waals surface area (Å²) in [5.41, 5.74) is 2.27. The van der Waals surface area contributed by atoms with Crippen LogP contribution in [0.5, 0.6) is 0 Å². The Bertz CT molecular complexity index is 215.